The standard InChI is InChI=1S/C7H7Br2N3O3/c1-12(2-3(13)14)7(15)4-5(8)10-11-6(4)9/h2H2,1H3,(H,10,11)(H,13,14). The van der Waals surface area contributed by atoms with Crippen LogP contribution in [0.1, 0.15) is 10.4 Å². The number of likely N-dealkylation sites (N-methyl/N-ethyl adjacent to an activating group) is 1. The second-order valence-electron chi connectivity index (χ2n) is 2.76. The molecule has 8 heteroatoms. The lowest BCUT2D eigenvalue weighted by Crippen LogP contribution is -2.32. The Hall–Kier alpha value is -0.890. The topological polar surface area (TPSA) is 86.3 Å². The fourth-order valence-corrected chi connectivity index (χ4v) is 2.12. The van der Waals surface area contributed by atoms with Gasteiger partial charge in [0.05, 0.1) is 0 Å². The van der Waals surface area contributed by atoms with Crippen molar-refractivity contribution in [1.82, 2.24) is 15.1 Å². The molecule has 0 saturated carbocycles. The van der Waals surface area contributed by atoms with E-state index in [1.54, 1.807) is 0 Å². The highest BCUT2D eigenvalue weighted by Gasteiger charge is 2.22. The predicted octanol–water partition coefficient (Wildman–Crippen LogP) is 1.09. The fourth-order valence-electron chi connectivity index (χ4n) is 0.948. The van der Waals surface area contributed by atoms with Crippen LogP contribution < -0.4 is 0 Å². The second-order valence-corrected chi connectivity index (χ2v) is 4.30. The van der Waals surface area contributed by atoms with Crippen LogP contribution in [0.15, 0.2) is 9.21 Å². The number of aromatic amines is 1. The van der Waals surface area contributed by atoms with Crippen molar-refractivity contribution in [2.45, 2.75) is 0 Å². The molecule has 0 aliphatic carbocycles. The number of nitrogens with one attached hydrogen (secondary N) is 1. The summed E-state index contributed by atoms with van der Waals surface area (Å²) in [7, 11) is 1.41. The predicted molar refractivity (Wildman–Crippen MR) is 58.6 cm³/mol. The number of halogens is 2. The first-order valence-electron chi connectivity index (χ1n) is 3.80. The largest absolute Gasteiger partial charge is 0.480 e. The molecule has 1 amide bonds. The molecule has 0 spiro atoms. The third-order valence-corrected chi connectivity index (χ3v) is 2.76. The van der Waals surface area contributed by atoms with Gasteiger partial charge in [0.2, 0.25) is 0 Å². The van der Waals surface area contributed by atoms with Crippen LogP contribution >= 0.6 is 31.9 Å². The molecule has 0 aliphatic rings. The van der Waals surface area contributed by atoms with Gasteiger partial charge in [-0.2, -0.15) is 5.10 Å². The minimum atomic E-state index is -1.07. The number of carboxylic acids is 1. The Kier molecular flexibility index (Phi) is 3.86. The molecule has 0 unspecified atom stereocenters. The lowest BCUT2D eigenvalue weighted by Gasteiger charge is -2.13. The van der Waals surface area contributed by atoms with Crippen molar-refractivity contribution < 1.29 is 14.7 Å². The summed E-state index contributed by atoms with van der Waals surface area (Å²) in [6.07, 6.45) is 0. The van der Waals surface area contributed by atoms with E-state index in [0.29, 0.717) is 9.21 Å². The van der Waals surface area contributed by atoms with E-state index in [4.69, 9.17) is 5.11 Å². The number of carbonyl (C=O) groups is 2. The number of rotatable bonds is 3. The van der Waals surface area contributed by atoms with Crippen LogP contribution in [0.2, 0.25) is 0 Å². The number of amides is 1. The summed E-state index contributed by atoms with van der Waals surface area (Å²) in [5.74, 6) is -1.49. The van der Waals surface area contributed by atoms with Crippen molar-refractivity contribution in [2.24, 2.45) is 0 Å². The van der Waals surface area contributed by atoms with Crippen molar-refractivity contribution in [2.75, 3.05) is 13.6 Å². The van der Waals surface area contributed by atoms with Crippen LogP contribution in [0.3, 0.4) is 0 Å². The van der Waals surface area contributed by atoms with Gasteiger partial charge >= 0.3 is 5.97 Å². The maximum absolute atomic E-state index is 11.7. The van der Waals surface area contributed by atoms with Gasteiger partial charge in [0.1, 0.15) is 21.3 Å². The maximum atomic E-state index is 11.7. The van der Waals surface area contributed by atoms with Gasteiger partial charge in [0.25, 0.3) is 5.91 Å². The van der Waals surface area contributed by atoms with Crippen molar-refractivity contribution in [3.63, 3.8) is 0 Å². The Labute approximate surface area is 102 Å². The van der Waals surface area contributed by atoms with E-state index in [0.717, 1.165) is 4.90 Å². The summed E-state index contributed by atoms with van der Waals surface area (Å²) >= 11 is 6.19. The first-order chi connectivity index (χ1) is 6.93. The molecule has 82 valence electrons. The lowest BCUT2D eigenvalue weighted by molar-refractivity contribution is -0.137. The SMILES string of the molecule is CN(CC(=O)O)C(=O)c1c(Br)n[nH]c1Br. The van der Waals surface area contributed by atoms with Crippen LogP contribution in [0, 0.1) is 0 Å². The summed E-state index contributed by atoms with van der Waals surface area (Å²) in [4.78, 5) is 23.2. The first kappa shape index (κ1) is 12.2. The van der Waals surface area contributed by atoms with Gasteiger partial charge in [-0.3, -0.25) is 14.7 Å². The van der Waals surface area contributed by atoms with Gasteiger partial charge < -0.3 is 10.0 Å². The fraction of sp³-hybridized carbons (Fsp3) is 0.286. The lowest BCUT2D eigenvalue weighted by atomic mass is 10.3. The Morgan fingerprint density at radius 2 is 2.13 bits per heavy atom. The zero-order valence-electron chi connectivity index (χ0n) is 7.62. The van der Waals surface area contributed by atoms with Gasteiger partial charge in [-0.15, -0.1) is 0 Å². The average molecular weight is 341 g/mol. The molecule has 15 heavy (non-hydrogen) atoms. The number of H-pyrrole nitrogens is 1. The number of hydrogen-bond acceptors (Lipinski definition) is 3. The van der Waals surface area contributed by atoms with E-state index < -0.39 is 11.9 Å². The van der Waals surface area contributed by atoms with E-state index in [1.807, 2.05) is 0 Å². The van der Waals surface area contributed by atoms with Gasteiger partial charge in [0.15, 0.2) is 0 Å². The molecular formula is C7H7Br2N3O3. The molecule has 1 heterocycles. The van der Waals surface area contributed by atoms with Crippen molar-refractivity contribution in [3.05, 3.63) is 14.8 Å². The van der Waals surface area contributed by atoms with Gasteiger partial charge in [-0.1, -0.05) is 0 Å². The van der Waals surface area contributed by atoms with Crippen molar-refractivity contribution in [3.8, 4) is 0 Å². The number of hydrogen-bond donors (Lipinski definition) is 2. The number of aliphatic carboxylic acids is 1. The van der Waals surface area contributed by atoms with Gasteiger partial charge in [-0.05, 0) is 31.9 Å². The Balaban J connectivity index is 2.89. The molecular weight excluding hydrogens is 334 g/mol. The Morgan fingerprint density at radius 1 is 1.53 bits per heavy atom. The summed E-state index contributed by atoms with van der Waals surface area (Å²) in [5.41, 5.74) is 0.277. The normalized spacial score (nSPS) is 10.1. The molecule has 0 radical (unpaired) electrons. The molecule has 0 aromatic carbocycles. The molecule has 1 aromatic rings. The van der Waals surface area contributed by atoms with Crippen molar-refractivity contribution in [1.29, 1.82) is 0 Å². The smallest absolute Gasteiger partial charge is 0.323 e. The quantitative estimate of drug-likeness (QED) is 0.862. The molecule has 0 atom stereocenters. The molecule has 6 nitrogen and oxygen atoms in total. The number of nitrogens with zero attached hydrogens (tertiary/aromatic N) is 2. The minimum absolute atomic E-state index is 0.277. The molecule has 0 saturated heterocycles. The zero-order chi connectivity index (χ0) is 11.6. The summed E-state index contributed by atoms with van der Waals surface area (Å²) < 4.78 is 0.758. The summed E-state index contributed by atoms with van der Waals surface area (Å²) in [5, 5.41) is 14.8. The van der Waals surface area contributed by atoms with Crippen LogP contribution in [0.4, 0.5) is 0 Å². The maximum Gasteiger partial charge on any atom is 0.323 e. The number of carbonyl (C=O) groups excluding carboxylic acids is 1. The Bertz CT molecular complexity index is 385. The summed E-state index contributed by atoms with van der Waals surface area (Å²) in [6.45, 7) is -0.358. The van der Waals surface area contributed by atoms with E-state index in [9.17, 15) is 9.59 Å². The minimum Gasteiger partial charge on any atom is -0.480 e. The molecule has 1 aromatic heterocycles. The van der Waals surface area contributed by atoms with Gasteiger partial charge in [-0.25, -0.2) is 0 Å². The van der Waals surface area contributed by atoms with E-state index in [1.165, 1.54) is 7.05 Å². The van der Waals surface area contributed by atoms with E-state index >= 15 is 0 Å². The van der Waals surface area contributed by atoms with Crippen LogP contribution in [-0.4, -0.2) is 45.7 Å². The average Bonchev–Trinajstić information content (AvgIpc) is 2.44. The zero-order valence-corrected chi connectivity index (χ0v) is 10.8. The highest BCUT2D eigenvalue weighted by molar-refractivity contribution is 9.11. The van der Waals surface area contributed by atoms with Crippen LogP contribution in [0.25, 0.3) is 0 Å². The highest BCUT2D eigenvalue weighted by Crippen LogP contribution is 2.23. The van der Waals surface area contributed by atoms with Crippen molar-refractivity contribution >= 4 is 43.7 Å². The summed E-state index contributed by atoms with van der Waals surface area (Å²) in [6, 6.07) is 0. The van der Waals surface area contributed by atoms with Crippen LogP contribution in [0.5, 0.6) is 0 Å². The molecule has 1 rings (SSSR count). The van der Waals surface area contributed by atoms with E-state index in [-0.39, 0.29) is 12.1 Å². The monoisotopic (exact) mass is 339 g/mol. The van der Waals surface area contributed by atoms with E-state index in [2.05, 4.69) is 42.1 Å². The molecule has 0 bridgehead atoms. The molecule has 0 aliphatic heterocycles. The third kappa shape index (κ3) is 2.78. The van der Waals surface area contributed by atoms with Crippen LogP contribution in [-0.2, 0) is 4.79 Å². The second kappa shape index (κ2) is 4.75. The Morgan fingerprint density at radius 3 is 2.53 bits per heavy atom. The highest BCUT2D eigenvalue weighted by atomic mass is 79.9. The molecule has 2 N–H and O–H groups in total. The number of carboxylic acid groups (broad SMARTS) is 1. The van der Waals surface area contributed by atoms with Gasteiger partial charge in [0, 0.05) is 7.05 Å². The molecule has 0 fully saturated rings. The third-order valence-electron chi connectivity index (χ3n) is 1.61. The first-order valence-corrected chi connectivity index (χ1v) is 5.38. The number of aromatic nitrogens is 2.